The third-order valence-electron chi connectivity index (χ3n) is 6.63. The van der Waals surface area contributed by atoms with E-state index in [2.05, 4.69) is 66.7 Å². The van der Waals surface area contributed by atoms with Gasteiger partial charge in [-0.1, -0.05) is 12.1 Å². The molecule has 0 spiro atoms. The Morgan fingerprint density at radius 3 is 1.83 bits per heavy atom. The number of aromatic nitrogens is 1. The molecular weight excluding hydrogens is 377 g/mol. The highest BCUT2D eigenvalue weighted by molar-refractivity contribution is 6.62. The first-order valence-corrected chi connectivity index (χ1v) is 10.8. The zero-order chi connectivity index (χ0) is 21.5. The summed E-state index contributed by atoms with van der Waals surface area (Å²) in [6.45, 7) is 13.8. The van der Waals surface area contributed by atoms with Crippen LogP contribution in [0.3, 0.4) is 0 Å². The van der Waals surface area contributed by atoms with E-state index in [1.165, 1.54) is 5.69 Å². The summed E-state index contributed by atoms with van der Waals surface area (Å²) in [6, 6.07) is 12.5. The van der Waals surface area contributed by atoms with Crippen molar-refractivity contribution in [3.63, 3.8) is 0 Å². The van der Waals surface area contributed by atoms with Gasteiger partial charge >= 0.3 is 7.12 Å². The number of anilines is 2. The number of aliphatic hydroxyl groups excluding tert-OH is 1. The molecule has 4 rings (SSSR count). The van der Waals surface area contributed by atoms with Crippen molar-refractivity contribution in [2.24, 2.45) is 0 Å². The van der Waals surface area contributed by atoms with Crippen molar-refractivity contribution < 1.29 is 14.4 Å². The lowest BCUT2D eigenvalue weighted by Crippen LogP contribution is -2.46. The van der Waals surface area contributed by atoms with Crippen LogP contribution in [0, 0.1) is 0 Å². The number of piperazine rings is 1. The molecule has 0 amide bonds. The van der Waals surface area contributed by atoms with Crippen LogP contribution in [0.1, 0.15) is 46.4 Å². The summed E-state index contributed by atoms with van der Waals surface area (Å²) in [5, 5.41) is 9.63. The van der Waals surface area contributed by atoms with Gasteiger partial charge in [-0.3, -0.25) is 4.98 Å². The fraction of sp³-hybridized carbons (Fsp3) is 0.522. The molecule has 30 heavy (non-hydrogen) atoms. The Morgan fingerprint density at radius 1 is 0.867 bits per heavy atom. The Labute approximate surface area is 180 Å². The second kappa shape index (κ2) is 7.87. The first-order valence-electron chi connectivity index (χ1n) is 10.8. The van der Waals surface area contributed by atoms with Crippen molar-refractivity contribution in [1.29, 1.82) is 0 Å². The highest BCUT2D eigenvalue weighted by Gasteiger charge is 2.51. The molecule has 2 fully saturated rings. The van der Waals surface area contributed by atoms with Gasteiger partial charge in [-0.2, -0.15) is 0 Å². The zero-order valence-electron chi connectivity index (χ0n) is 18.6. The summed E-state index contributed by atoms with van der Waals surface area (Å²) in [5.74, 6) is 0. The van der Waals surface area contributed by atoms with E-state index in [0.717, 1.165) is 37.3 Å². The lowest BCUT2D eigenvalue weighted by Gasteiger charge is -2.37. The number of aliphatic hydroxyl groups is 1. The van der Waals surface area contributed by atoms with E-state index >= 15 is 0 Å². The maximum absolute atomic E-state index is 9.63. The van der Waals surface area contributed by atoms with Crippen molar-refractivity contribution in [2.75, 3.05) is 36.0 Å². The molecular formula is C23H32BN3O3. The van der Waals surface area contributed by atoms with E-state index in [9.17, 15) is 5.11 Å². The lowest BCUT2D eigenvalue weighted by molar-refractivity contribution is 0.00578. The maximum Gasteiger partial charge on any atom is 0.494 e. The van der Waals surface area contributed by atoms with Gasteiger partial charge in [0.1, 0.15) is 0 Å². The van der Waals surface area contributed by atoms with E-state index in [1.54, 1.807) is 6.92 Å². The van der Waals surface area contributed by atoms with Crippen LogP contribution in [-0.4, -0.2) is 54.6 Å². The molecule has 1 unspecified atom stereocenters. The van der Waals surface area contributed by atoms with Crippen LogP contribution in [0.15, 0.2) is 42.6 Å². The molecule has 0 bridgehead atoms. The van der Waals surface area contributed by atoms with Crippen LogP contribution in [0.2, 0.25) is 0 Å². The Balaban J connectivity index is 1.36. The predicted octanol–water partition coefficient (Wildman–Crippen LogP) is 2.76. The van der Waals surface area contributed by atoms with Gasteiger partial charge in [-0.25, -0.2) is 0 Å². The number of rotatable bonds is 4. The van der Waals surface area contributed by atoms with Gasteiger partial charge in [-0.05, 0) is 64.3 Å². The van der Waals surface area contributed by atoms with E-state index in [0.29, 0.717) is 5.69 Å². The topological polar surface area (TPSA) is 58.1 Å². The zero-order valence-corrected chi connectivity index (χ0v) is 18.6. The third kappa shape index (κ3) is 4.06. The Hall–Kier alpha value is -2.09. The van der Waals surface area contributed by atoms with Crippen LogP contribution < -0.4 is 15.3 Å². The monoisotopic (exact) mass is 409 g/mol. The SMILES string of the molecule is CC(O)c1ccc(N2CCN(c3ccc(B4OC(C)(C)C(C)(C)O4)cc3)CC2)cn1. The molecule has 0 radical (unpaired) electrons. The van der Waals surface area contributed by atoms with E-state index < -0.39 is 6.10 Å². The molecule has 7 heteroatoms. The number of pyridine rings is 1. The number of benzene rings is 1. The predicted molar refractivity (Wildman–Crippen MR) is 121 cm³/mol. The molecule has 2 aliphatic heterocycles. The minimum atomic E-state index is -0.531. The van der Waals surface area contributed by atoms with E-state index in [1.807, 2.05) is 18.3 Å². The van der Waals surface area contributed by atoms with E-state index in [-0.39, 0.29) is 18.3 Å². The van der Waals surface area contributed by atoms with Gasteiger partial charge in [0.15, 0.2) is 0 Å². The number of nitrogens with zero attached hydrogens (tertiary/aromatic N) is 3. The summed E-state index contributed by atoms with van der Waals surface area (Å²) < 4.78 is 12.3. The van der Waals surface area contributed by atoms with E-state index in [4.69, 9.17) is 9.31 Å². The first-order chi connectivity index (χ1) is 14.2. The molecule has 0 aliphatic carbocycles. The molecule has 1 aromatic heterocycles. The van der Waals surface area contributed by atoms with Crippen molar-refractivity contribution in [1.82, 2.24) is 4.98 Å². The molecule has 2 saturated heterocycles. The van der Waals surface area contributed by atoms with Crippen LogP contribution in [0.25, 0.3) is 0 Å². The molecule has 1 aromatic carbocycles. The maximum atomic E-state index is 9.63. The highest BCUT2D eigenvalue weighted by Crippen LogP contribution is 2.36. The standard InChI is InChI=1S/C23H32BN3O3/c1-17(28)21-11-10-20(16-25-21)27-14-12-26(13-15-27)19-8-6-18(7-9-19)24-29-22(2,3)23(4,5)30-24/h6-11,16-17,28H,12-15H2,1-5H3. The highest BCUT2D eigenvalue weighted by atomic mass is 16.7. The lowest BCUT2D eigenvalue weighted by atomic mass is 9.79. The third-order valence-corrected chi connectivity index (χ3v) is 6.63. The number of hydrogen-bond acceptors (Lipinski definition) is 6. The minimum Gasteiger partial charge on any atom is -0.399 e. The average Bonchev–Trinajstić information content (AvgIpc) is 2.95. The molecule has 1 atom stereocenters. The van der Waals surface area contributed by atoms with Gasteiger partial charge in [-0.15, -0.1) is 0 Å². The fourth-order valence-electron chi connectivity index (χ4n) is 3.88. The summed E-state index contributed by atoms with van der Waals surface area (Å²) in [4.78, 5) is 9.12. The molecule has 1 N–H and O–H groups in total. The van der Waals surface area contributed by atoms with Gasteiger partial charge in [0, 0.05) is 31.9 Å². The van der Waals surface area contributed by atoms with Crippen LogP contribution in [-0.2, 0) is 9.31 Å². The summed E-state index contributed by atoms with van der Waals surface area (Å²) in [7, 11) is -0.321. The molecule has 160 valence electrons. The van der Waals surface area contributed by atoms with Crippen molar-refractivity contribution >= 4 is 24.0 Å². The first kappa shape index (κ1) is 21.2. The van der Waals surface area contributed by atoms with Crippen molar-refractivity contribution in [3.8, 4) is 0 Å². The fourth-order valence-corrected chi connectivity index (χ4v) is 3.88. The Kier molecular flexibility index (Phi) is 5.55. The average molecular weight is 409 g/mol. The van der Waals surface area contributed by atoms with Crippen molar-refractivity contribution in [3.05, 3.63) is 48.3 Å². The molecule has 2 aliphatic rings. The normalized spacial score (nSPS) is 21.7. The molecule has 0 saturated carbocycles. The molecule has 3 heterocycles. The quantitative estimate of drug-likeness (QED) is 0.784. The van der Waals surface area contributed by atoms with Crippen molar-refractivity contribution in [2.45, 2.75) is 51.9 Å². The van der Waals surface area contributed by atoms with Gasteiger partial charge in [0.25, 0.3) is 0 Å². The Morgan fingerprint density at radius 2 is 1.37 bits per heavy atom. The molecule has 2 aromatic rings. The van der Waals surface area contributed by atoms with Gasteiger partial charge < -0.3 is 24.2 Å². The summed E-state index contributed by atoms with van der Waals surface area (Å²) >= 11 is 0. The number of hydrogen-bond donors (Lipinski definition) is 1. The summed E-state index contributed by atoms with van der Waals surface area (Å²) in [5.41, 5.74) is 3.44. The second-order valence-electron chi connectivity index (χ2n) is 9.27. The van der Waals surface area contributed by atoms with Crippen LogP contribution in [0.5, 0.6) is 0 Å². The second-order valence-corrected chi connectivity index (χ2v) is 9.27. The minimum absolute atomic E-state index is 0.321. The summed E-state index contributed by atoms with van der Waals surface area (Å²) in [6.07, 6.45) is 1.33. The molecule has 6 nitrogen and oxygen atoms in total. The largest absolute Gasteiger partial charge is 0.494 e. The van der Waals surface area contributed by atoms with Crippen LogP contribution >= 0.6 is 0 Å². The van der Waals surface area contributed by atoms with Crippen LogP contribution in [0.4, 0.5) is 11.4 Å². The smallest absolute Gasteiger partial charge is 0.399 e. The van der Waals surface area contributed by atoms with Gasteiger partial charge in [0.2, 0.25) is 0 Å². The van der Waals surface area contributed by atoms with Gasteiger partial charge in [0.05, 0.1) is 34.9 Å². The Bertz CT molecular complexity index is 844.